The molecule has 8 heteroatoms. The third kappa shape index (κ3) is 7.74. The third-order valence-corrected chi connectivity index (χ3v) is 5.05. The Bertz CT molecular complexity index is 558. The van der Waals surface area contributed by atoms with Crippen molar-refractivity contribution in [2.45, 2.75) is 38.8 Å². The lowest BCUT2D eigenvalue weighted by Gasteiger charge is -2.29. The summed E-state index contributed by atoms with van der Waals surface area (Å²) >= 11 is 3.53. The number of aliphatic hydroxyl groups is 1. The molecule has 0 radical (unpaired) electrons. The molecule has 0 saturated carbocycles. The molecule has 0 atom stereocenters. The summed E-state index contributed by atoms with van der Waals surface area (Å²) in [6.45, 7) is 7.68. The minimum atomic E-state index is -0.0965. The molecule has 0 amide bonds. The number of halogens is 2. The fourth-order valence-electron chi connectivity index (χ4n) is 3.13. The highest BCUT2D eigenvalue weighted by Crippen LogP contribution is 2.15. The lowest BCUT2D eigenvalue weighted by Crippen LogP contribution is -2.39. The summed E-state index contributed by atoms with van der Waals surface area (Å²) < 4.78 is 3.24. The van der Waals surface area contributed by atoms with Crippen LogP contribution in [0.4, 0.5) is 0 Å². The molecule has 1 saturated heterocycles. The molecule has 0 spiro atoms. The number of likely N-dealkylation sites (tertiary alicyclic amines) is 1. The highest BCUT2D eigenvalue weighted by Gasteiger charge is 2.16. The summed E-state index contributed by atoms with van der Waals surface area (Å²) in [5.74, 6) is 0.953. The second kappa shape index (κ2) is 12.2. The van der Waals surface area contributed by atoms with Gasteiger partial charge in [0.25, 0.3) is 0 Å². The first-order chi connectivity index (χ1) is 12.0. The Hall–Kier alpha value is -0.320. The number of aromatic nitrogens is 1. The smallest absolute Gasteiger partial charge is 0.194 e. The molecular weight excluding hydrogens is 509 g/mol. The molecule has 6 nitrogen and oxygen atoms in total. The van der Waals surface area contributed by atoms with Gasteiger partial charge in [-0.25, -0.2) is 0 Å². The van der Waals surface area contributed by atoms with Crippen LogP contribution in [0.5, 0.6) is 0 Å². The van der Waals surface area contributed by atoms with Crippen molar-refractivity contribution < 1.29 is 5.11 Å². The van der Waals surface area contributed by atoms with Crippen LogP contribution in [0.15, 0.2) is 21.7 Å². The van der Waals surface area contributed by atoms with Gasteiger partial charge in [0.2, 0.25) is 0 Å². The Balaban J connectivity index is 0.00000338. The molecule has 1 aromatic heterocycles. The highest BCUT2D eigenvalue weighted by molar-refractivity contribution is 14.0. The maximum atomic E-state index is 9.57. The van der Waals surface area contributed by atoms with E-state index in [-0.39, 0.29) is 30.1 Å². The van der Waals surface area contributed by atoms with Gasteiger partial charge in [-0.15, -0.1) is 24.0 Å². The van der Waals surface area contributed by atoms with E-state index in [0.29, 0.717) is 0 Å². The average Bonchev–Trinajstić information content (AvgIpc) is 2.89. The van der Waals surface area contributed by atoms with Gasteiger partial charge >= 0.3 is 0 Å². The van der Waals surface area contributed by atoms with E-state index in [0.717, 1.165) is 69.0 Å². The predicted molar refractivity (Wildman–Crippen MR) is 122 cm³/mol. The average molecular weight is 542 g/mol. The van der Waals surface area contributed by atoms with Crippen LogP contribution in [0.2, 0.25) is 0 Å². The number of aliphatic hydroxyl groups excluding tert-OH is 1. The molecule has 0 aromatic carbocycles. The number of aliphatic imine (C=N–C) groups is 1. The molecule has 2 heterocycles. The van der Waals surface area contributed by atoms with Crippen LogP contribution < -0.4 is 5.32 Å². The van der Waals surface area contributed by atoms with Gasteiger partial charge in [0, 0.05) is 56.6 Å². The molecule has 1 aliphatic rings. The third-order valence-electron chi connectivity index (χ3n) is 4.62. The molecule has 150 valence electrons. The second-order valence-corrected chi connectivity index (χ2v) is 7.69. The molecule has 1 aliphatic heterocycles. The number of aryl methyl sites for hydroxylation is 1. The van der Waals surface area contributed by atoms with Crippen molar-refractivity contribution in [1.29, 1.82) is 0 Å². The number of hydrogen-bond acceptors (Lipinski definition) is 3. The van der Waals surface area contributed by atoms with Crippen LogP contribution in [0.3, 0.4) is 0 Å². The summed E-state index contributed by atoms with van der Waals surface area (Å²) in [5, 5.41) is 12.9. The van der Waals surface area contributed by atoms with Crippen LogP contribution in [0.25, 0.3) is 0 Å². The summed E-state index contributed by atoms with van der Waals surface area (Å²) in [6, 6.07) is 2.14. The maximum Gasteiger partial charge on any atom is 0.194 e. The zero-order chi connectivity index (χ0) is 18.2. The monoisotopic (exact) mass is 541 g/mol. The van der Waals surface area contributed by atoms with E-state index in [4.69, 9.17) is 4.99 Å². The zero-order valence-electron chi connectivity index (χ0n) is 16.1. The molecule has 0 unspecified atom stereocenters. The Labute approximate surface area is 183 Å². The van der Waals surface area contributed by atoms with Crippen molar-refractivity contribution in [2.24, 2.45) is 12.0 Å². The molecule has 0 aliphatic carbocycles. The van der Waals surface area contributed by atoms with Gasteiger partial charge in [-0.1, -0.05) is 0 Å². The SMILES string of the molecule is CCNC(=NCCCN1CCC(O)CC1)N(C)Cc1cc(Br)cn1C.I. The largest absolute Gasteiger partial charge is 0.393 e. The number of nitrogens with one attached hydrogen (secondary N) is 1. The number of guanidine groups is 1. The first-order valence-corrected chi connectivity index (χ1v) is 9.99. The number of hydrogen-bond donors (Lipinski definition) is 2. The summed E-state index contributed by atoms with van der Waals surface area (Å²) in [4.78, 5) is 9.38. The van der Waals surface area contributed by atoms with Crippen molar-refractivity contribution in [2.75, 3.05) is 39.8 Å². The number of piperidine rings is 1. The lowest BCUT2D eigenvalue weighted by molar-refractivity contribution is 0.0824. The Morgan fingerprint density at radius 1 is 1.42 bits per heavy atom. The fourth-order valence-corrected chi connectivity index (χ4v) is 3.70. The van der Waals surface area contributed by atoms with Crippen LogP contribution >= 0.6 is 39.9 Å². The van der Waals surface area contributed by atoms with Gasteiger partial charge in [0.15, 0.2) is 5.96 Å². The van der Waals surface area contributed by atoms with Crippen LogP contribution in [-0.4, -0.2) is 71.3 Å². The topological polar surface area (TPSA) is 56.0 Å². The van der Waals surface area contributed by atoms with E-state index in [1.807, 2.05) is 0 Å². The molecule has 1 fully saturated rings. The number of nitrogens with zero attached hydrogens (tertiary/aromatic N) is 4. The minimum Gasteiger partial charge on any atom is -0.393 e. The molecule has 2 N–H and O–H groups in total. The predicted octanol–water partition coefficient (Wildman–Crippen LogP) is 2.65. The summed E-state index contributed by atoms with van der Waals surface area (Å²) in [6.07, 6.45) is 4.83. The highest BCUT2D eigenvalue weighted by atomic mass is 127. The Morgan fingerprint density at radius 2 is 2.12 bits per heavy atom. The van der Waals surface area contributed by atoms with Gasteiger partial charge in [-0.05, 0) is 54.7 Å². The van der Waals surface area contributed by atoms with Crippen LogP contribution in [0, 0.1) is 0 Å². The zero-order valence-corrected chi connectivity index (χ0v) is 20.0. The minimum absolute atomic E-state index is 0. The van der Waals surface area contributed by atoms with E-state index >= 15 is 0 Å². The van der Waals surface area contributed by atoms with Gasteiger partial charge in [-0.3, -0.25) is 4.99 Å². The van der Waals surface area contributed by atoms with E-state index in [2.05, 4.69) is 68.9 Å². The molecule has 26 heavy (non-hydrogen) atoms. The molecular formula is C18H33BrIN5O. The summed E-state index contributed by atoms with van der Waals surface area (Å²) in [5.41, 5.74) is 1.24. The standard InChI is InChI=1S/C18H32BrN5O.HI/c1-4-20-18(23(3)14-16-12-15(19)13-22(16)2)21-8-5-9-24-10-6-17(25)7-11-24;/h12-13,17,25H,4-11,14H2,1-3H3,(H,20,21);1H. The van der Waals surface area contributed by atoms with Crippen molar-refractivity contribution >= 4 is 45.9 Å². The second-order valence-electron chi connectivity index (χ2n) is 6.78. The quantitative estimate of drug-likeness (QED) is 0.241. The van der Waals surface area contributed by atoms with Gasteiger partial charge in [0.05, 0.1) is 12.6 Å². The first kappa shape index (κ1) is 23.7. The van der Waals surface area contributed by atoms with Gasteiger partial charge in [-0.2, -0.15) is 0 Å². The van der Waals surface area contributed by atoms with Crippen LogP contribution in [0.1, 0.15) is 31.9 Å². The van der Waals surface area contributed by atoms with E-state index < -0.39 is 0 Å². The molecule has 1 aromatic rings. The first-order valence-electron chi connectivity index (χ1n) is 9.20. The van der Waals surface area contributed by atoms with Crippen molar-refractivity contribution in [3.05, 3.63) is 22.4 Å². The summed E-state index contributed by atoms with van der Waals surface area (Å²) in [7, 11) is 4.14. The van der Waals surface area contributed by atoms with Gasteiger partial charge in [0.1, 0.15) is 0 Å². The van der Waals surface area contributed by atoms with E-state index in [1.165, 1.54) is 5.69 Å². The lowest BCUT2D eigenvalue weighted by atomic mass is 10.1. The van der Waals surface area contributed by atoms with Crippen LogP contribution in [-0.2, 0) is 13.6 Å². The van der Waals surface area contributed by atoms with Crippen molar-refractivity contribution in [3.8, 4) is 0 Å². The van der Waals surface area contributed by atoms with Gasteiger partial charge < -0.3 is 24.8 Å². The maximum absolute atomic E-state index is 9.57. The normalized spacial score (nSPS) is 16.4. The fraction of sp³-hybridized carbons (Fsp3) is 0.722. The number of rotatable bonds is 7. The van der Waals surface area contributed by atoms with Crippen molar-refractivity contribution in [1.82, 2.24) is 19.7 Å². The Morgan fingerprint density at radius 3 is 2.69 bits per heavy atom. The molecule has 2 rings (SSSR count). The molecule has 0 bridgehead atoms. The van der Waals surface area contributed by atoms with E-state index in [9.17, 15) is 5.11 Å². The van der Waals surface area contributed by atoms with Crippen molar-refractivity contribution in [3.63, 3.8) is 0 Å². The van der Waals surface area contributed by atoms with E-state index in [1.54, 1.807) is 0 Å². The Kier molecular flexibility index (Phi) is 11.1.